The van der Waals surface area contributed by atoms with Crippen LogP contribution in [0.2, 0.25) is 5.02 Å². The molecule has 254 valence electrons. The lowest BCUT2D eigenvalue weighted by Crippen LogP contribution is -2.52. The highest BCUT2D eigenvalue weighted by Gasteiger charge is 2.50. The fraction of sp³-hybridized carbons (Fsp3) is 0.486. The molecule has 1 N–H and O–H groups in total. The van der Waals surface area contributed by atoms with Crippen molar-refractivity contribution in [3.05, 3.63) is 94.5 Å². The van der Waals surface area contributed by atoms with Crippen LogP contribution >= 0.6 is 11.6 Å². The molecule has 1 fully saturated rings. The molecule has 4 aliphatic rings. The number of hydrogen-bond acceptors (Lipinski definition) is 8. The van der Waals surface area contributed by atoms with Gasteiger partial charge in [0.05, 0.1) is 17.5 Å². The van der Waals surface area contributed by atoms with Gasteiger partial charge in [-0.05, 0) is 98.7 Å². The highest BCUT2D eigenvalue weighted by Crippen LogP contribution is 2.52. The zero-order chi connectivity index (χ0) is 33.7. The molecule has 1 spiro atoms. The minimum atomic E-state index is -3.97. The van der Waals surface area contributed by atoms with Gasteiger partial charge in [0.25, 0.3) is 5.91 Å². The van der Waals surface area contributed by atoms with E-state index in [9.17, 15) is 13.2 Å². The zero-order valence-electron chi connectivity index (χ0n) is 27.7. The second-order valence-electron chi connectivity index (χ2n) is 14.2. The maximum absolute atomic E-state index is 13.5. The Kier molecular flexibility index (Phi) is 8.79. The van der Waals surface area contributed by atoms with Crippen molar-refractivity contribution in [2.75, 3.05) is 31.7 Å². The predicted molar refractivity (Wildman–Crippen MR) is 186 cm³/mol. The molecule has 0 unspecified atom stereocenters. The Bertz CT molecular complexity index is 1840. The van der Waals surface area contributed by atoms with E-state index in [0.717, 1.165) is 48.4 Å². The monoisotopic (exact) mass is 690 g/mol. The number of aryl methyl sites for hydroxylation is 1. The van der Waals surface area contributed by atoms with Gasteiger partial charge < -0.3 is 14.4 Å². The van der Waals surface area contributed by atoms with Crippen LogP contribution in [0.25, 0.3) is 0 Å². The Morgan fingerprint density at radius 2 is 1.92 bits per heavy atom. The molecule has 3 aromatic rings. The quantitative estimate of drug-likeness (QED) is 0.316. The van der Waals surface area contributed by atoms with Crippen molar-refractivity contribution >= 4 is 33.2 Å². The first-order chi connectivity index (χ1) is 23.0. The molecule has 48 heavy (non-hydrogen) atoms. The first-order valence-corrected chi connectivity index (χ1v) is 18.8. The number of carbonyl (C=O) groups is 1. The number of anilines is 1. The summed E-state index contributed by atoms with van der Waals surface area (Å²) < 4.78 is 42.4. The minimum Gasteiger partial charge on any atom is -0.490 e. The highest BCUT2D eigenvalue weighted by atomic mass is 35.5. The van der Waals surface area contributed by atoms with Gasteiger partial charge in [-0.25, -0.2) is 23.1 Å². The molecule has 6 atom stereocenters. The molecule has 1 aromatic heterocycles. The van der Waals surface area contributed by atoms with E-state index in [1.54, 1.807) is 26.2 Å². The van der Waals surface area contributed by atoms with E-state index in [1.807, 2.05) is 37.5 Å². The Morgan fingerprint density at radius 1 is 1.10 bits per heavy atom. The lowest BCUT2D eigenvalue weighted by atomic mass is 9.62. The smallest absolute Gasteiger partial charge is 0.264 e. The second-order valence-corrected chi connectivity index (χ2v) is 16.6. The van der Waals surface area contributed by atoms with E-state index in [4.69, 9.17) is 21.1 Å². The summed E-state index contributed by atoms with van der Waals surface area (Å²) in [4.78, 5) is 24.6. The molecule has 0 radical (unpaired) electrons. The molecule has 2 aliphatic heterocycles. The summed E-state index contributed by atoms with van der Waals surface area (Å²) in [6, 6.07) is 11.5. The van der Waals surface area contributed by atoms with Crippen molar-refractivity contribution in [2.24, 2.45) is 17.8 Å². The largest absolute Gasteiger partial charge is 0.490 e. The number of methoxy groups -OCH3 is 1. The van der Waals surface area contributed by atoms with Crippen molar-refractivity contribution in [1.82, 2.24) is 14.7 Å². The molecular formula is C37H43ClN4O5S. The number of benzene rings is 2. The van der Waals surface area contributed by atoms with Gasteiger partial charge in [0.15, 0.2) is 0 Å². The number of carbonyl (C=O) groups excluding carboxylic acids is 1. The number of halogens is 1. The van der Waals surface area contributed by atoms with Crippen molar-refractivity contribution in [2.45, 2.75) is 68.6 Å². The van der Waals surface area contributed by atoms with E-state index in [1.165, 1.54) is 17.5 Å². The van der Waals surface area contributed by atoms with Crippen molar-refractivity contribution in [1.29, 1.82) is 0 Å². The third-order valence-electron chi connectivity index (χ3n) is 11.5. The number of allylic oxidation sites excluding steroid dienone is 1. The molecule has 2 bridgehead atoms. The van der Waals surface area contributed by atoms with Crippen LogP contribution in [-0.2, 0) is 32.2 Å². The number of rotatable bonds is 2. The molecule has 11 heteroatoms. The number of ether oxygens (including phenoxy) is 2. The summed E-state index contributed by atoms with van der Waals surface area (Å²) in [6.07, 6.45) is 14.6. The normalized spacial score (nSPS) is 32.1. The predicted octanol–water partition coefficient (Wildman–Crippen LogP) is 6.22. The van der Waals surface area contributed by atoms with Gasteiger partial charge in [-0.15, -0.1) is 0 Å². The average molecular weight is 691 g/mol. The Hall–Kier alpha value is -3.47. The van der Waals surface area contributed by atoms with Crippen molar-refractivity contribution in [3.8, 4) is 5.75 Å². The standard InChI is InChI=1S/C37H43ClN4O5S/c1-24-6-4-15-37(46-3,29-18-39-23-40-19-29)32-11-8-28(32)20-42-21-36(14-5-7-26-16-30(38)10-12-31(26)36)22-47-34-13-9-27(17-33(34)42)35(43)41-48(44,45)25(24)2/h4,9-10,12-13,15-19,23-25,28,32H,5-8,11,14,20-22H2,1-3H3,(H,41,43)/b15-4+/t24-,25+,28-,32+,36-,37+/m0/s1. The summed E-state index contributed by atoms with van der Waals surface area (Å²) in [5, 5.41) is -0.0815. The molecular weight excluding hydrogens is 648 g/mol. The van der Waals surface area contributed by atoms with Crippen LogP contribution in [-0.4, -0.2) is 56.3 Å². The number of aromatic nitrogens is 2. The van der Waals surface area contributed by atoms with Crippen LogP contribution in [0.4, 0.5) is 5.69 Å². The zero-order valence-corrected chi connectivity index (χ0v) is 29.3. The molecule has 7 rings (SSSR count). The van der Waals surface area contributed by atoms with Crippen LogP contribution in [0.15, 0.2) is 67.3 Å². The Balaban J connectivity index is 1.36. The fourth-order valence-electron chi connectivity index (χ4n) is 8.40. The van der Waals surface area contributed by atoms with E-state index in [0.29, 0.717) is 31.9 Å². The van der Waals surface area contributed by atoms with Crippen LogP contribution in [0.1, 0.15) is 73.0 Å². The number of amides is 1. The minimum absolute atomic E-state index is 0.113. The van der Waals surface area contributed by atoms with Crippen molar-refractivity contribution < 1.29 is 22.7 Å². The summed E-state index contributed by atoms with van der Waals surface area (Å²) >= 11 is 6.46. The first-order valence-electron chi connectivity index (χ1n) is 16.9. The third kappa shape index (κ3) is 5.79. The van der Waals surface area contributed by atoms with E-state index < -0.39 is 26.8 Å². The Labute approximate surface area is 288 Å². The average Bonchev–Trinajstić information content (AvgIpc) is 3.22. The van der Waals surface area contributed by atoms with Crippen LogP contribution in [0.5, 0.6) is 5.75 Å². The van der Waals surface area contributed by atoms with E-state index in [2.05, 4.69) is 37.8 Å². The lowest BCUT2D eigenvalue weighted by Gasteiger charge is -2.50. The van der Waals surface area contributed by atoms with E-state index in [-0.39, 0.29) is 28.7 Å². The third-order valence-corrected chi connectivity index (χ3v) is 13.6. The topological polar surface area (TPSA) is 111 Å². The molecule has 3 heterocycles. The lowest BCUT2D eigenvalue weighted by molar-refractivity contribution is -0.0808. The fourth-order valence-corrected chi connectivity index (χ4v) is 9.88. The molecule has 1 amide bonds. The number of sulfonamides is 1. The summed E-state index contributed by atoms with van der Waals surface area (Å²) in [5.41, 5.74) is 3.36. The maximum Gasteiger partial charge on any atom is 0.264 e. The number of fused-ring (bicyclic) bond motifs is 4. The number of nitrogens with zero attached hydrogens (tertiary/aromatic N) is 3. The van der Waals surface area contributed by atoms with Crippen molar-refractivity contribution in [3.63, 3.8) is 0 Å². The highest BCUT2D eigenvalue weighted by molar-refractivity contribution is 7.90. The van der Waals surface area contributed by atoms with Crippen LogP contribution in [0, 0.1) is 17.8 Å². The van der Waals surface area contributed by atoms with Gasteiger partial charge in [-0.1, -0.05) is 36.7 Å². The van der Waals surface area contributed by atoms with Gasteiger partial charge in [0, 0.05) is 60.1 Å². The van der Waals surface area contributed by atoms with E-state index >= 15 is 0 Å². The SMILES string of the molecule is CO[C@@]1(c2cncnc2)/C=C/C[C@H](C)[C@@H](C)S(=O)(=O)NC(=O)c2ccc3c(c2)N(C[C@@H]2CC[C@H]21)C[C@@]1(CCCc2cc(Cl)ccc21)CO3. The van der Waals surface area contributed by atoms with Gasteiger partial charge in [-0.3, -0.25) is 4.79 Å². The number of hydrogen-bond donors (Lipinski definition) is 1. The van der Waals surface area contributed by atoms with Crippen LogP contribution in [0.3, 0.4) is 0 Å². The van der Waals surface area contributed by atoms with Crippen LogP contribution < -0.4 is 14.4 Å². The van der Waals surface area contributed by atoms with Gasteiger partial charge in [0.2, 0.25) is 10.0 Å². The maximum atomic E-state index is 13.5. The molecule has 0 saturated heterocycles. The van der Waals surface area contributed by atoms with Gasteiger partial charge in [-0.2, -0.15) is 0 Å². The molecule has 1 saturated carbocycles. The van der Waals surface area contributed by atoms with Gasteiger partial charge >= 0.3 is 0 Å². The summed E-state index contributed by atoms with van der Waals surface area (Å²) in [7, 11) is -2.24. The molecule has 2 aliphatic carbocycles. The molecule has 9 nitrogen and oxygen atoms in total. The second kappa shape index (κ2) is 12.8. The number of nitrogens with one attached hydrogen (secondary N) is 1. The van der Waals surface area contributed by atoms with Gasteiger partial charge in [0.1, 0.15) is 17.7 Å². The first kappa shape index (κ1) is 33.0. The summed E-state index contributed by atoms with van der Waals surface area (Å²) in [6.45, 7) is 5.41. The molecule has 2 aromatic carbocycles. The summed E-state index contributed by atoms with van der Waals surface area (Å²) in [5.74, 6) is 0.133. The Morgan fingerprint density at radius 3 is 2.67 bits per heavy atom.